The van der Waals surface area contributed by atoms with Crippen LogP contribution in [-0.2, 0) is 0 Å². The van der Waals surface area contributed by atoms with Crippen LogP contribution in [0.2, 0.25) is 0 Å². The van der Waals surface area contributed by atoms with Gasteiger partial charge in [0.25, 0.3) is 0 Å². The van der Waals surface area contributed by atoms with Gasteiger partial charge in [-0.2, -0.15) is 0 Å². The number of rotatable bonds is 0. The highest BCUT2D eigenvalue weighted by Crippen LogP contribution is 1.92. The summed E-state index contributed by atoms with van der Waals surface area (Å²) in [6, 6.07) is 10.3. The second-order valence-corrected chi connectivity index (χ2v) is 1.65. The van der Waals surface area contributed by atoms with E-state index in [-0.39, 0.29) is 0 Å². The summed E-state index contributed by atoms with van der Waals surface area (Å²) in [5, 5.41) is 0. The van der Waals surface area contributed by atoms with E-state index in [1.807, 2.05) is 18.2 Å². The van der Waals surface area contributed by atoms with Gasteiger partial charge in [-0.1, -0.05) is 35.9 Å². The lowest BCUT2D eigenvalue weighted by Gasteiger charge is -1.82. The van der Waals surface area contributed by atoms with Gasteiger partial charge in [0, 0.05) is 0 Å². The summed E-state index contributed by atoms with van der Waals surface area (Å²) in [5.74, 6) is 0. The summed E-state index contributed by atoms with van der Waals surface area (Å²) >= 11 is 3.14. The fraction of sp³-hybridized carbons (Fsp3) is 0.143. The van der Waals surface area contributed by atoms with Gasteiger partial charge in [0.15, 0.2) is 0 Å². The molecule has 0 saturated heterocycles. The molecular formula is C7H8ClF. The van der Waals surface area contributed by atoms with Crippen molar-refractivity contribution in [2.24, 2.45) is 0 Å². The molecule has 0 saturated carbocycles. The first-order chi connectivity index (χ1) is 4.39. The first-order valence-electron chi connectivity index (χ1n) is 2.55. The maximum absolute atomic E-state index is 8.97. The van der Waals surface area contributed by atoms with Gasteiger partial charge in [-0.05, 0) is 6.92 Å². The predicted molar refractivity (Wildman–Crippen MR) is 38.1 cm³/mol. The van der Waals surface area contributed by atoms with Crippen LogP contribution in [-0.4, -0.2) is 0 Å². The predicted octanol–water partition coefficient (Wildman–Crippen LogP) is 3.10. The molecule has 0 fully saturated rings. The van der Waals surface area contributed by atoms with Crippen LogP contribution in [0.15, 0.2) is 30.3 Å². The molecule has 0 N–H and O–H groups in total. The van der Waals surface area contributed by atoms with Crippen LogP contribution < -0.4 is 0 Å². The van der Waals surface area contributed by atoms with Crippen LogP contribution in [0.5, 0.6) is 0 Å². The average Bonchev–Trinajstić information content (AvgIpc) is 1.94. The maximum atomic E-state index is 8.97. The van der Waals surface area contributed by atoms with Crippen molar-refractivity contribution in [2.75, 3.05) is 0 Å². The smallest absolute Gasteiger partial charge is 0.116 e. The first kappa shape index (κ1) is 8.44. The highest BCUT2D eigenvalue weighted by Gasteiger charge is 1.72. The highest BCUT2D eigenvalue weighted by atomic mass is 35.5. The molecule has 0 radical (unpaired) electrons. The second kappa shape index (κ2) is 5.57. The van der Waals surface area contributed by atoms with Gasteiger partial charge in [0.2, 0.25) is 0 Å². The Bertz CT molecular complexity index is 139. The van der Waals surface area contributed by atoms with Crippen molar-refractivity contribution in [1.29, 1.82) is 0 Å². The molecule has 0 aliphatic heterocycles. The third-order valence-corrected chi connectivity index (χ3v) is 0.940. The lowest BCUT2D eigenvalue weighted by atomic mass is 10.2. The number of benzene rings is 1. The monoisotopic (exact) mass is 146 g/mol. The molecule has 0 aliphatic rings. The lowest BCUT2D eigenvalue weighted by molar-refractivity contribution is 0.906. The average molecular weight is 147 g/mol. The van der Waals surface area contributed by atoms with Crippen molar-refractivity contribution in [3.05, 3.63) is 35.9 Å². The van der Waals surface area contributed by atoms with E-state index in [4.69, 9.17) is 3.98 Å². The Hall–Kier alpha value is -0.560. The Morgan fingerprint density at radius 1 is 1.11 bits per heavy atom. The van der Waals surface area contributed by atoms with E-state index in [9.17, 15) is 0 Å². The molecule has 0 bridgehead atoms. The van der Waals surface area contributed by atoms with Crippen molar-refractivity contribution < 1.29 is 3.98 Å². The summed E-state index contributed by atoms with van der Waals surface area (Å²) in [4.78, 5) is 0. The molecule has 1 aromatic rings. The molecule has 1 rings (SSSR count). The Labute approximate surface area is 59.5 Å². The van der Waals surface area contributed by atoms with E-state index in [0.29, 0.717) is 0 Å². The SMILES string of the molecule is Cc1ccccc1.FCl. The number of halogens is 2. The van der Waals surface area contributed by atoms with Crippen molar-refractivity contribution >= 4 is 12.0 Å². The Kier molecular flexibility index (Phi) is 5.23. The molecule has 0 atom stereocenters. The maximum Gasteiger partial charge on any atom is 0.116 e. The first-order valence-corrected chi connectivity index (χ1v) is 2.84. The van der Waals surface area contributed by atoms with Crippen molar-refractivity contribution in [2.45, 2.75) is 6.92 Å². The molecule has 1 aromatic carbocycles. The third-order valence-electron chi connectivity index (χ3n) is 0.940. The van der Waals surface area contributed by atoms with Crippen molar-refractivity contribution in [3.8, 4) is 0 Å². The van der Waals surface area contributed by atoms with E-state index in [1.54, 1.807) is 0 Å². The van der Waals surface area contributed by atoms with Crippen LogP contribution in [0.4, 0.5) is 3.98 Å². The minimum atomic E-state index is 1.32. The molecule has 0 aliphatic carbocycles. The zero-order valence-electron chi connectivity index (χ0n) is 5.14. The van der Waals surface area contributed by atoms with E-state index in [1.165, 1.54) is 5.56 Å². The van der Waals surface area contributed by atoms with Crippen LogP contribution >= 0.6 is 12.0 Å². The van der Waals surface area contributed by atoms with E-state index >= 15 is 0 Å². The molecule has 9 heavy (non-hydrogen) atoms. The van der Waals surface area contributed by atoms with Gasteiger partial charge in [0.05, 0.1) is 0 Å². The van der Waals surface area contributed by atoms with Gasteiger partial charge < -0.3 is 0 Å². The molecule has 0 amide bonds. The highest BCUT2D eigenvalue weighted by molar-refractivity contribution is 6.06. The normalized spacial score (nSPS) is 7.44. The number of hydrogen-bond donors (Lipinski definition) is 0. The van der Waals surface area contributed by atoms with Crippen LogP contribution in [0.25, 0.3) is 0 Å². The van der Waals surface area contributed by atoms with Gasteiger partial charge in [-0.25, -0.2) is 0 Å². The molecule has 0 unspecified atom stereocenters. The van der Waals surface area contributed by atoms with Gasteiger partial charge >= 0.3 is 0 Å². The summed E-state index contributed by atoms with van der Waals surface area (Å²) in [5.41, 5.74) is 1.32. The minimum Gasteiger partial charge on any atom is -0.116 e. The quantitative estimate of drug-likeness (QED) is 0.528. The van der Waals surface area contributed by atoms with Gasteiger partial charge in [-0.3, -0.25) is 0 Å². The summed E-state index contributed by atoms with van der Waals surface area (Å²) < 4.78 is 8.97. The largest absolute Gasteiger partial charge is 0.116 e. The number of hydrogen-bond acceptors (Lipinski definition) is 0. The Morgan fingerprint density at radius 3 is 1.78 bits per heavy atom. The molecule has 0 nitrogen and oxygen atoms in total. The third kappa shape index (κ3) is 3.98. The van der Waals surface area contributed by atoms with Gasteiger partial charge in [0.1, 0.15) is 12.0 Å². The summed E-state index contributed by atoms with van der Waals surface area (Å²) in [7, 11) is 0. The molecule has 0 spiro atoms. The standard InChI is InChI=1S/C7H8.ClF/c1-7-5-3-2-4-6-7;1-2/h2-6H,1H3;. The van der Waals surface area contributed by atoms with Crippen LogP contribution in [0.1, 0.15) is 5.56 Å². The molecule has 50 valence electrons. The fourth-order valence-corrected chi connectivity index (χ4v) is 0.534. The Balaban J connectivity index is 0.000000291. The fourth-order valence-electron chi connectivity index (χ4n) is 0.534. The van der Waals surface area contributed by atoms with Crippen LogP contribution in [0, 0.1) is 6.92 Å². The molecule has 0 heterocycles. The van der Waals surface area contributed by atoms with Gasteiger partial charge in [-0.15, -0.1) is 3.98 Å². The lowest BCUT2D eigenvalue weighted by Crippen LogP contribution is -1.62. The van der Waals surface area contributed by atoms with E-state index in [0.717, 1.165) is 0 Å². The molecule has 0 aromatic heterocycles. The zero-order chi connectivity index (χ0) is 7.11. The summed E-state index contributed by atoms with van der Waals surface area (Å²) in [6.45, 7) is 2.08. The molecular weight excluding hydrogens is 139 g/mol. The topological polar surface area (TPSA) is 0 Å². The summed E-state index contributed by atoms with van der Waals surface area (Å²) in [6.07, 6.45) is 0. The number of aryl methyl sites for hydroxylation is 1. The van der Waals surface area contributed by atoms with E-state index < -0.39 is 0 Å². The van der Waals surface area contributed by atoms with E-state index in [2.05, 4.69) is 31.0 Å². The Morgan fingerprint density at radius 2 is 1.56 bits per heavy atom. The second-order valence-electron chi connectivity index (χ2n) is 1.65. The molecule has 2 heteroatoms. The zero-order valence-corrected chi connectivity index (χ0v) is 5.90. The van der Waals surface area contributed by atoms with Crippen LogP contribution in [0.3, 0.4) is 0 Å². The van der Waals surface area contributed by atoms with Crippen molar-refractivity contribution in [1.82, 2.24) is 0 Å². The minimum absolute atomic E-state index is 1.32. The van der Waals surface area contributed by atoms with Crippen molar-refractivity contribution in [3.63, 3.8) is 0 Å².